The SMILES string of the molecule is CCOC(=O)/C=C(/C)c1cc(SCc2ccccc2)ccc1N. The summed E-state index contributed by atoms with van der Waals surface area (Å²) in [4.78, 5) is 12.7. The van der Waals surface area contributed by atoms with Gasteiger partial charge in [-0.1, -0.05) is 30.3 Å². The van der Waals surface area contributed by atoms with Crippen molar-refractivity contribution in [3.05, 3.63) is 65.7 Å². The van der Waals surface area contributed by atoms with Crippen LogP contribution >= 0.6 is 11.8 Å². The van der Waals surface area contributed by atoms with Crippen molar-refractivity contribution in [1.29, 1.82) is 0 Å². The van der Waals surface area contributed by atoms with Crippen LogP contribution in [-0.4, -0.2) is 12.6 Å². The molecule has 0 atom stereocenters. The number of nitrogen functional groups attached to an aromatic ring is 1. The third-order valence-corrected chi connectivity index (χ3v) is 4.38. The zero-order valence-electron chi connectivity index (χ0n) is 13.4. The third kappa shape index (κ3) is 5.18. The van der Waals surface area contributed by atoms with Gasteiger partial charge in [-0.25, -0.2) is 4.79 Å². The van der Waals surface area contributed by atoms with Gasteiger partial charge >= 0.3 is 5.97 Å². The molecule has 0 heterocycles. The molecule has 0 aliphatic rings. The number of thioether (sulfide) groups is 1. The smallest absolute Gasteiger partial charge is 0.331 e. The van der Waals surface area contributed by atoms with E-state index in [9.17, 15) is 4.79 Å². The van der Waals surface area contributed by atoms with Crippen molar-refractivity contribution in [3.63, 3.8) is 0 Å². The second kappa shape index (κ2) is 8.44. The van der Waals surface area contributed by atoms with Crippen molar-refractivity contribution in [2.24, 2.45) is 0 Å². The van der Waals surface area contributed by atoms with Crippen molar-refractivity contribution < 1.29 is 9.53 Å². The number of ether oxygens (including phenoxy) is 1. The lowest BCUT2D eigenvalue weighted by molar-refractivity contribution is -0.137. The third-order valence-electron chi connectivity index (χ3n) is 3.32. The minimum absolute atomic E-state index is 0.341. The van der Waals surface area contributed by atoms with E-state index in [0.29, 0.717) is 12.3 Å². The zero-order chi connectivity index (χ0) is 16.7. The molecule has 0 saturated heterocycles. The Balaban J connectivity index is 2.13. The highest BCUT2D eigenvalue weighted by molar-refractivity contribution is 7.98. The first-order chi connectivity index (χ1) is 11.1. The first kappa shape index (κ1) is 17.2. The Morgan fingerprint density at radius 1 is 1.22 bits per heavy atom. The molecule has 0 aliphatic heterocycles. The quantitative estimate of drug-likeness (QED) is 0.366. The number of rotatable bonds is 6. The number of allylic oxidation sites excluding steroid dienone is 1. The molecule has 0 unspecified atom stereocenters. The van der Waals surface area contributed by atoms with Crippen molar-refractivity contribution >= 4 is 29.0 Å². The van der Waals surface area contributed by atoms with E-state index in [4.69, 9.17) is 10.5 Å². The van der Waals surface area contributed by atoms with E-state index >= 15 is 0 Å². The van der Waals surface area contributed by atoms with Crippen LogP contribution in [0.5, 0.6) is 0 Å². The van der Waals surface area contributed by atoms with Crippen LogP contribution in [0.15, 0.2) is 59.5 Å². The van der Waals surface area contributed by atoms with Gasteiger partial charge in [-0.2, -0.15) is 0 Å². The molecule has 2 N–H and O–H groups in total. The Bertz CT molecular complexity index is 696. The van der Waals surface area contributed by atoms with E-state index < -0.39 is 0 Å². The van der Waals surface area contributed by atoms with Gasteiger partial charge in [0, 0.05) is 28.0 Å². The van der Waals surface area contributed by atoms with Crippen molar-refractivity contribution in [1.82, 2.24) is 0 Å². The van der Waals surface area contributed by atoms with Crippen LogP contribution in [0.3, 0.4) is 0 Å². The summed E-state index contributed by atoms with van der Waals surface area (Å²) in [5.74, 6) is 0.553. The van der Waals surface area contributed by atoms with Crippen molar-refractivity contribution in [2.45, 2.75) is 24.5 Å². The van der Waals surface area contributed by atoms with Gasteiger partial charge in [0.1, 0.15) is 0 Å². The lowest BCUT2D eigenvalue weighted by Gasteiger charge is -2.09. The van der Waals surface area contributed by atoms with Gasteiger partial charge in [0.15, 0.2) is 0 Å². The van der Waals surface area contributed by atoms with Crippen LogP contribution in [0.2, 0.25) is 0 Å². The van der Waals surface area contributed by atoms with Crippen LogP contribution < -0.4 is 5.73 Å². The van der Waals surface area contributed by atoms with Crippen LogP contribution in [0.4, 0.5) is 5.69 Å². The Hall–Kier alpha value is -2.20. The maximum atomic E-state index is 11.6. The highest BCUT2D eigenvalue weighted by Crippen LogP contribution is 2.29. The van der Waals surface area contributed by atoms with Gasteiger partial charge in [0.25, 0.3) is 0 Å². The molecule has 23 heavy (non-hydrogen) atoms. The largest absolute Gasteiger partial charge is 0.463 e. The molecular weight excluding hydrogens is 306 g/mol. The molecule has 0 bridgehead atoms. The molecule has 3 nitrogen and oxygen atoms in total. The fraction of sp³-hybridized carbons (Fsp3) is 0.211. The topological polar surface area (TPSA) is 52.3 Å². The summed E-state index contributed by atoms with van der Waals surface area (Å²) in [5.41, 5.74) is 9.66. The van der Waals surface area contributed by atoms with Crippen LogP contribution in [0, 0.1) is 0 Å². The fourth-order valence-corrected chi connectivity index (χ4v) is 3.04. The van der Waals surface area contributed by atoms with E-state index in [0.717, 1.165) is 21.8 Å². The highest BCUT2D eigenvalue weighted by Gasteiger charge is 2.07. The van der Waals surface area contributed by atoms with Gasteiger partial charge in [-0.05, 0) is 43.2 Å². The second-order valence-corrected chi connectivity index (χ2v) is 6.15. The number of anilines is 1. The van der Waals surface area contributed by atoms with Crippen LogP contribution in [-0.2, 0) is 15.3 Å². The molecule has 2 rings (SSSR count). The Labute approximate surface area is 141 Å². The normalized spacial score (nSPS) is 11.3. The summed E-state index contributed by atoms with van der Waals surface area (Å²) in [6.45, 7) is 4.02. The van der Waals surface area contributed by atoms with E-state index in [-0.39, 0.29) is 5.97 Å². The van der Waals surface area contributed by atoms with Crippen LogP contribution in [0.1, 0.15) is 25.0 Å². The molecule has 0 aliphatic carbocycles. The van der Waals surface area contributed by atoms with Gasteiger partial charge in [-0.15, -0.1) is 11.8 Å². The number of esters is 1. The summed E-state index contributed by atoms with van der Waals surface area (Å²) in [6.07, 6.45) is 1.49. The molecule has 4 heteroatoms. The number of nitrogens with two attached hydrogens (primary N) is 1. The first-order valence-electron chi connectivity index (χ1n) is 7.52. The van der Waals surface area contributed by atoms with E-state index in [2.05, 4.69) is 12.1 Å². The summed E-state index contributed by atoms with van der Waals surface area (Å²) < 4.78 is 4.95. The summed E-state index contributed by atoms with van der Waals surface area (Å²) >= 11 is 1.74. The molecule has 0 spiro atoms. The summed E-state index contributed by atoms with van der Waals surface area (Å²) in [5, 5.41) is 0. The van der Waals surface area contributed by atoms with E-state index in [1.807, 2.05) is 43.3 Å². The molecule has 0 fully saturated rings. The number of hydrogen-bond acceptors (Lipinski definition) is 4. The summed E-state index contributed by atoms with van der Waals surface area (Å²) in [7, 11) is 0. The molecular formula is C19H21NO2S. The van der Waals surface area contributed by atoms with E-state index in [1.54, 1.807) is 18.7 Å². The van der Waals surface area contributed by atoms with Gasteiger partial charge in [-0.3, -0.25) is 0 Å². The Morgan fingerprint density at radius 3 is 2.65 bits per heavy atom. The maximum Gasteiger partial charge on any atom is 0.331 e. The Kier molecular flexibility index (Phi) is 6.29. The molecule has 120 valence electrons. The lowest BCUT2D eigenvalue weighted by Crippen LogP contribution is -2.01. The zero-order valence-corrected chi connectivity index (χ0v) is 14.2. The minimum Gasteiger partial charge on any atom is -0.463 e. The van der Waals surface area contributed by atoms with Gasteiger partial charge in [0.05, 0.1) is 6.61 Å². The standard InChI is InChI=1S/C19H21NO2S/c1-3-22-19(21)11-14(2)17-12-16(9-10-18(17)20)23-13-15-7-5-4-6-8-15/h4-12H,3,13,20H2,1-2H3/b14-11-. The van der Waals surface area contributed by atoms with Gasteiger partial charge in [0.2, 0.25) is 0 Å². The van der Waals surface area contributed by atoms with Crippen molar-refractivity contribution in [3.8, 4) is 0 Å². The number of benzene rings is 2. The van der Waals surface area contributed by atoms with E-state index in [1.165, 1.54) is 11.6 Å². The highest BCUT2D eigenvalue weighted by atomic mass is 32.2. The Morgan fingerprint density at radius 2 is 1.96 bits per heavy atom. The van der Waals surface area contributed by atoms with Crippen molar-refractivity contribution in [2.75, 3.05) is 12.3 Å². The summed E-state index contributed by atoms with van der Waals surface area (Å²) in [6, 6.07) is 16.2. The van der Waals surface area contributed by atoms with Gasteiger partial charge < -0.3 is 10.5 Å². The predicted octanol–water partition coefficient (Wildman–Crippen LogP) is 4.53. The molecule has 0 saturated carbocycles. The average Bonchev–Trinajstić information content (AvgIpc) is 2.55. The first-order valence-corrected chi connectivity index (χ1v) is 8.50. The molecule has 0 aromatic heterocycles. The molecule has 2 aromatic rings. The van der Waals surface area contributed by atoms with Crippen LogP contribution in [0.25, 0.3) is 5.57 Å². The monoisotopic (exact) mass is 327 g/mol. The fourth-order valence-electron chi connectivity index (χ4n) is 2.15. The molecule has 0 amide bonds. The minimum atomic E-state index is -0.341. The maximum absolute atomic E-state index is 11.6. The number of carbonyl (C=O) groups excluding carboxylic acids is 1. The molecule has 2 aromatic carbocycles. The number of hydrogen-bond donors (Lipinski definition) is 1. The lowest BCUT2D eigenvalue weighted by atomic mass is 10.1. The second-order valence-electron chi connectivity index (χ2n) is 5.10. The average molecular weight is 327 g/mol. The number of carbonyl (C=O) groups is 1. The predicted molar refractivity (Wildman–Crippen MR) is 97.1 cm³/mol. The molecule has 0 radical (unpaired) electrons.